The van der Waals surface area contributed by atoms with Gasteiger partial charge in [0.15, 0.2) is 5.78 Å². The molecule has 1 rings (SSSR count). The number of aliphatic carboxylic acids is 2. The highest BCUT2D eigenvalue weighted by molar-refractivity contribution is 9.09. The highest BCUT2D eigenvalue weighted by atomic mass is 79.9. The SMILES string of the molecule is CC(=O)O.CC(=O)O.O=C(CBr)c1ccc(O)c(CO)c1. The molecule has 1 aromatic rings. The fourth-order valence-electron chi connectivity index (χ4n) is 0.963. The molecule has 0 unspecified atom stereocenters. The summed E-state index contributed by atoms with van der Waals surface area (Å²) >= 11 is 3.04. The van der Waals surface area contributed by atoms with E-state index in [4.69, 9.17) is 24.9 Å². The number of hydrogen-bond acceptors (Lipinski definition) is 5. The number of carbonyl (C=O) groups is 3. The molecular formula is C13H17BrO7. The molecule has 0 saturated carbocycles. The van der Waals surface area contributed by atoms with E-state index >= 15 is 0 Å². The zero-order valence-corrected chi connectivity index (χ0v) is 13.1. The largest absolute Gasteiger partial charge is 0.508 e. The molecule has 0 aliphatic rings. The van der Waals surface area contributed by atoms with Crippen LogP contribution >= 0.6 is 15.9 Å². The van der Waals surface area contributed by atoms with Gasteiger partial charge in [-0.3, -0.25) is 14.4 Å². The molecule has 0 amide bonds. The summed E-state index contributed by atoms with van der Waals surface area (Å²) in [5.74, 6) is -1.73. The molecule has 0 atom stereocenters. The smallest absolute Gasteiger partial charge is 0.300 e. The van der Waals surface area contributed by atoms with Crippen LogP contribution in [-0.2, 0) is 16.2 Å². The van der Waals surface area contributed by atoms with Gasteiger partial charge in [-0.1, -0.05) is 15.9 Å². The number of aromatic hydroxyl groups is 1. The number of alkyl halides is 1. The van der Waals surface area contributed by atoms with Gasteiger partial charge in [0, 0.05) is 25.0 Å². The number of aliphatic hydroxyl groups is 1. The van der Waals surface area contributed by atoms with Crippen molar-refractivity contribution in [3.8, 4) is 5.75 Å². The average Bonchev–Trinajstić information content (AvgIpc) is 2.37. The maximum Gasteiger partial charge on any atom is 0.300 e. The molecule has 0 aromatic heterocycles. The van der Waals surface area contributed by atoms with E-state index in [1.807, 2.05) is 0 Å². The van der Waals surface area contributed by atoms with E-state index in [0.29, 0.717) is 11.1 Å². The Morgan fingerprint density at radius 2 is 1.52 bits per heavy atom. The Morgan fingerprint density at radius 1 is 1.10 bits per heavy atom. The van der Waals surface area contributed by atoms with Crippen molar-refractivity contribution in [3.05, 3.63) is 29.3 Å². The van der Waals surface area contributed by atoms with Crippen molar-refractivity contribution < 1.29 is 34.8 Å². The van der Waals surface area contributed by atoms with E-state index in [0.717, 1.165) is 13.8 Å². The van der Waals surface area contributed by atoms with E-state index in [9.17, 15) is 9.90 Å². The predicted molar refractivity (Wildman–Crippen MR) is 78.8 cm³/mol. The fourth-order valence-corrected chi connectivity index (χ4v) is 1.29. The summed E-state index contributed by atoms with van der Waals surface area (Å²) in [6.07, 6.45) is 0. The molecule has 4 N–H and O–H groups in total. The molecule has 7 nitrogen and oxygen atoms in total. The van der Waals surface area contributed by atoms with Gasteiger partial charge in [0.1, 0.15) is 5.75 Å². The number of phenols is 1. The van der Waals surface area contributed by atoms with Crippen LogP contribution in [0.2, 0.25) is 0 Å². The minimum Gasteiger partial charge on any atom is -0.508 e. The lowest BCUT2D eigenvalue weighted by Crippen LogP contribution is -2.00. The minimum absolute atomic E-state index is 0.00798. The van der Waals surface area contributed by atoms with Crippen LogP contribution in [0.5, 0.6) is 5.75 Å². The second kappa shape index (κ2) is 11.9. The first kappa shape index (κ1) is 21.4. The first-order valence-electron chi connectivity index (χ1n) is 5.56. The number of aliphatic hydroxyl groups excluding tert-OH is 1. The van der Waals surface area contributed by atoms with E-state index in [-0.39, 0.29) is 23.5 Å². The molecule has 0 saturated heterocycles. The average molecular weight is 365 g/mol. The number of hydrogen-bond donors (Lipinski definition) is 4. The molecule has 0 heterocycles. The highest BCUT2D eigenvalue weighted by Crippen LogP contribution is 2.18. The third kappa shape index (κ3) is 12.8. The number of ketones is 1. The van der Waals surface area contributed by atoms with Crippen molar-refractivity contribution in [2.75, 3.05) is 5.33 Å². The van der Waals surface area contributed by atoms with Crippen LogP contribution in [0, 0.1) is 0 Å². The molecule has 0 fully saturated rings. The first-order valence-corrected chi connectivity index (χ1v) is 6.68. The number of Topliss-reactive ketones (excluding diaryl/α,β-unsaturated/α-hetero) is 1. The maximum atomic E-state index is 11.2. The number of rotatable bonds is 3. The molecule has 118 valence electrons. The Morgan fingerprint density at radius 3 is 1.86 bits per heavy atom. The Balaban J connectivity index is 0. The van der Waals surface area contributed by atoms with Gasteiger partial charge in [-0.15, -0.1) is 0 Å². The summed E-state index contributed by atoms with van der Waals surface area (Å²) in [4.78, 5) is 29.2. The summed E-state index contributed by atoms with van der Waals surface area (Å²) in [5.41, 5.74) is 0.852. The fraction of sp³-hybridized carbons (Fsp3) is 0.308. The monoisotopic (exact) mass is 364 g/mol. The number of carbonyl (C=O) groups excluding carboxylic acids is 1. The van der Waals surface area contributed by atoms with Crippen LogP contribution in [-0.4, -0.2) is 43.5 Å². The van der Waals surface area contributed by atoms with E-state index in [2.05, 4.69) is 15.9 Å². The summed E-state index contributed by atoms with van der Waals surface area (Å²) in [6, 6.07) is 4.42. The van der Waals surface area contributed by atoms with E-state index in [1.165, 1.54) is 18.2 Å². The zero-order valence-electron chi connectivity index (χ0n) is 11.5. The lowest BCUT2D eigenvalue weighted by atomic mass is 10.1. The van der Waals surface area contributed by atoms with Crippen LogP contribution in [0.4, 0.5) is 0 Å². The van der Waals surface area contributed by atoms with Crippen LogP contribution in [0.15, 0.2) is 18.2 Å². The number of carboxylic acid groups (broad SMARTS) is 2. The van der Waals surface area contributed by atoms with Gasteiger partial charge in [-0.05, 0) is 18.2 Å². The number of carboxylic acids is 2. The molecular weight excluding hydrogens is 348 g/mol. The topological polar surface area (TPSA) is 132 Å². The van der Waals surface area contributed by atoms with Crippen molar-refractivity contribution >= 4 is 33.7 Å². The lowest BCUT2D eigenvalue weighted by molar-refractivity contribution is -0.135. The van der Waals surface area contributed by atoms with Gasteiger partial charge in [0.2, 0.25) is 0 Å². The molecule has 1 aromatic carbocycles. The summed E-state index contributed by atoms with van der Waals surface area (Å²) in [7, 11) is 0. The van der Waals surface area contributed by atoms with Crippen molar-refractivity contribution in [1.82, 2.24) is 0 Å². The lowest BCUT2D eigenvalue weighted by Gasteiger charge is -2.02. The van der Waals surface area contributed by atoms with Gasteiger partial charge in [0.25, 0.3) is 11.9 Å². The number of benzene rings is 1. The first-order chi connectivity index (χ1) is 9.65. The second-order valence-corrected chi connectivity index (χ2v) is 4.16. The highest BCUT2D eigenvalue weighted by Gasteiger charge is 2.07. The third-order valence-corrected chi connectivity index (χ3v) is 2.20. The zero-order chi connectivity index (χ0) is 17.0. The summed E-state index contributed by atoms with van der Waals surface area (Å²) in [6.45, 7) is 1.90. The normalized spacial score (nSPS) is 8.57. The van der Waals surface area contributed by atoms with E-state index < -0.39 is 11.9 Å². The standard InChI is InChI=1S/C9H9BrO3.2C2H4O2/c10-4-9(13)6-1-2-8(12)7(3-6)5-11;2*1-2(3)4/h1-3,11-12H,4-5H2;2*1H3,(H,3,4). The number of halogens is 1. The molecule has 0 spiro atoms. The van der Waals surface area contributed by atoms with Crippen LogP contribution in [0.25, 0.3) is 0 Å². The van der Waals surface area contributed by atoms with Crippen LogP contribution < -0.4 is 0 Å². The molecule has 0 bridgehead atoms. The molecule has 0 aliphatic carbocycles. The van der Waals surface area contributed by atoms with Crippen molar-refractivity contribution in [3.63, 3.8) is 0 Å². The third-order valence-electron chi connectivity index (χ3n) is 1.69. The molecule has 8 heteroatoms. The molecule has 21 heavy (non-hydrogen) atoms. The molecule has 0 aliphatic heterocycles. The predicted octanol–water partition coefficient (Wildman–Crippen LogP) is 1.64. The molecule has 0 radical (unpaired) electrons. The van der Waals surface area contributed by atoms with Gasteiger partial charge in [-0.25, -0.2) is 0 Å². The Labute approximate surface area is 130 Å². The van der Waals surface area contributed by atoms with Crippen molar-refractivity contribution in [1.29, 1.82) is 0 Å². The summed E-state index contributed by atoms with van der Waals surface area (Å²) in [5, 5.41) is 33.1. The maximum absolute atomic E-state index is 11.2. The van der Waals surface area contributed by atoms with Gasteiger partial charge < -0.3 is 20.4 Å². The minimum atomic E-state index is -0.833. The van der Waals surface area contributed by atoms with Gasteiger partial charge in [0.05, 0.1) is 11.9 Å². The van der Waals surface area contributed by atoms with Crippen LogP contribution in [0.1, 0.15) is 29.8 Å². The Hall–Kier alpha value is -1.93. The Kier molecular flexibility index (Phi) is 12.1. The quantitative estimate of drug-likeness (QED) is 0.473. The van der Waals surface area contributed by atoms with E-state index in [1.54, 1.807) is 0 Å². The van der Waals surface area contributed by atoms with Crippen molar-refractivity contribution in [2.45, 2.75) is 20.5 Å². The van der Waals surface area contributed by atoms with Gasteiger partial charge in [-0.2, -0.15) is 0 Å². The second-order valence-electron chi connectivity index (χ2n) is 3.60. The van der Waals surface area contributed by atoms with Crippen molar-refractivity contribution in [2.24, 2.45) is 0 Å². The van der Waals surface area contributed by atoms with Crippen LogP contribution in [0.3, 0.4) is 0 Å². The summed E-state index contributed by atoms with van der Waals surface area (Å²) < 4.78 is 0. The van der Waals surface area contributed by atoms with Gasteiger partial charge >= 0.3 is 0 Å². The Bertz CT molecular complexity index is 465.